The molecule has 13 heteroatoms. The summed E-state index contributed by atoms with van der Waals surface area (Å²) in [6.45, 7) is 6.91. The molecule has 12 nitrogen and oxygen atoms in total. The number of carbonyl (C=O) groups excluding carboxylic acids is 3. The quantitative estimate of drug-likeness (QED) is 0.217. The second kappa shape index (κ2) is 11.4. The molecule has 0 spiro atoms. The van der Waals surface area contributed by atoms with Crippen molar-refractivity contribution in [1.82, 2.24) is 19.1 Å². The number of anilines is 1. The molecule has 0 aliphatic carbocycles. The number of nitrogens with one attached hydrogen (secondary N) is 1. The summed E-state index contributed by atoms with van der Waals surface area (Å²) in [5.41, 5.74) is 8.20. The summed E-state index contributed by atoms with van der Waals surface area (Å²) in [7, 11) is -1.90. The summed E-state index contributed by atoms with van der Waals surface area (Å²) in [6, 6.07) is 14.7. The van der Waals surface area contributed by atoms with Gasteiger partial charge in [-0.2, -0.15) is 4.31 Å². The number of imide groups is 1. The van der Waals surface area contributed by atoms with Gasteiger partial charge < -0.3 is 20.5 Å². The van der Waals surface area contributed by atoms with Crippen LogP contribution in [0.15, 0.2) is 59.5 Å². The number of likely N-dealkylation sites (N-methyl/N-ethyl adjacent to an activating group) is 1. The van der Waals surface area contributed by atoms with Crippen molar-refractivity contribution in [3.05, 3.63) is 71.3 Å². The van der Waals surface area contributed by atoms with Crippen LogP contribution in [-0.2, 0) is 21.4 Å². The number of hydrogen-bond donors (Lipinski definition) is 3. The molecule has 0 radical (unpaired) electrons. The predicted octanol–water partition coefficient (Wildman–Crippen LogP) is 3.65. The average Bonchev–Trinajstić information content (AvgIpc) is 3.53. The van der Waals surface area contributed by atoms with Crippen LogP contribution in [0.3, 0.4) is 0 Å². The number of aliphatic hydroxyl groups excluding tert-OH is 1. The summed E-state index contributed by atoms with van der Waals surface area (Å²) in [5, 5.41) is 12.3. The first-order chi connectivity index (χ1) is 21.7. The second-order valence-electron chi connectivity index (χ2n) is 12.5. The van der Waals surface area contributed by atoms with Crippen molar-refractivity contribution in [2.75, 3.05) is 39.0 Å². The predicted molar refractivity (Wildman–Crippen MR) is 173 cm³/mol. The van der Waals surface area contributed by atoms with Crippen molar-refractivity contribution in [2.24, 2.45) is 0 Å². The minimum Gasteiger partial charge on any atom is -0.443 e. The zero-order chi connectivity index (χ0) is 33.1. The van der Waals surface area contributed by atoms with Crippen molar-refractivity contribution >= 4 is 44.5 Å². The van der Waals surface area contributed by atoms with Gasteiger partial charge in [0.2, 0.25) is 10.0 Å². The van der Waals surface area contributed by atoms with Gasteiger partial charge in [-0.15, -0.1) is 0 Å². The minimum atomic E-state index is -3.84. The molecule has 0 atom stereocenters. The summed E-state index contributed by atoms with van der Waals surface area (Å²) in [5.74, 6) is -1.35. The van der Waals surface area contributed by atoms with Crippen molar-refractivity contribution < 1.29 is 32.6 Å². The highest BCUT2D eigenvalue weighted by molar-refractivity contribution is 7.89. The number of hydrogen-bond acceptors (Lipinski definition) is 9. The Morgan fingerprint density at radius 3 is 2.22 bits per heavy atom. The SMILES string of the molecule is CN1CCN(S(=O)(=O)c2ccc3c(c2)cc(-c2cc(-c4ccc(CO)cc4)c(N)c4c2C(=O)NC4=O)n3C(=O)OC(C)(C)C)CC1. The second-order valence-corrected chi connectivity index (χ2v) is 14.5. The van der Waals surface area contributed by atoms with E-state index in [2.05, 4.69) is 10.2 Å². The highest BCUT2D eigenvalue weighted by Gasteiger charge is 2.36. The van der Waals surface area contributed by atoms with Gasteiger partial charge >= 0.3 is 6.09 Å². The summed E-state index contributed by atoms with van der Waals surface area (Å²) < 4.78 is 35.7. The van der Waals surface area contributed by atoms with Crippen LogP contribution in [0.1, 0.15) is 47.1 Å². The lowest BCUT2D eigenvalue weighted by Crippen LogP contribution is -2.46. The fraction of sp³-hybridized carbons (Fsp3) is 0.303. The summed E-state index contributed by atoms with van der Waals surface area (Å²) in [6.07, 6.45) is -0.753. The summed E-state index contributed by atoms with van der Waals surface area (Å²) in [4.78, 5) is 42.2. The van der Waals surface area contributed by atoms with E-state index in [0.29, 0.717) is 53.8 Å². The molecule has 3 heterocycles. The van der Waals surface area contributed by atoms with E-state index in [9.17, 15) is 27.9 Å². The molecule has 2 aliphatic rings. The zero-order valence-corrected chi connectivity index (χ0v) is 26.8. The maximum atomic E-state index is 13.8. The van der Waals surface area contributed by atoms with Crippen molar-refractivity contribution in [3.63, 3.8) is 0 Å². The largest absolute Gasteiger partial charge is 0.443 e. The zero-order valence-electron chi connectivity index (χ0n) is 26.0. The van der Waals surface area contributed by atoms with Gasteiger partial charge in [0.1, 0.15) is 5.60 Å². The average molecular weight is 646 g/mol. The van der Waals surface area contributed by atoms with Gasteiger partial charge in [-0.05, 0) is 69.3 Å². The van der Waals surface area contributed by atoms with Crippen molar-refractivity contribution in [2.45, 2.75) is 37.9 Å². The van der Waals surface area contributed by atoms with Crippen LogP contribution in [0.25, 0.3) is 33.3 Å². The first-order valence-electron chi connectivity index (χ1n) is 14.8. The van der Waals surface area contributed by atoms with Gasteiger partial charge in [-0.1, -0.05) is 24.3 Å². The number of benzene rings is 3. The number of nitrogen functional groups attached to an aromatic ring is 1. The Labute approximate surface area is 266 Å². The van der Waals surface area contributed by atoms with Gasteiger partial charge in [0.25, 0.3) is 11.8 Å². The molecule has 3 aromatic carbocycles. The molecule has 240 valence electrons. The number of nitrogens with two attached hydrogens (primary N) is 1. The lowest BCUT2D eigenvalue weighted by molar-refractivity contribution is 0.0546. The summed E-state index contributed by atoms with van der Waals surface area (Å²) >= 11 is 0. The van der Waals surface area contributed by atoms with E-state index in [4.69, 9.17) is 10.5 Å². The number of rotatable bonds is 5. The molecule has 4 aromatic rings. The van der Waals surface area contributed by atoms with Crippen LogP contribution in [0.2, 0.25) is 0 Å². The molecular weight excluding hydrogens is 610 g/mol. The van der Waals surface area contributed by atoms with Crippen LogP contribution in [0.4, 0.5) is 10.5 Å². The maximum absolute atomic E-state index is 13.8. The number of piperazine rings is 1. The number of fused-ring (bicyclic) bond motifs is 2. The first-order valence-corrected chi connectivity index (χ1v) is 16.2. The number of carbonyl (C=O) groups is 3. The van der Waals surface area contributed by atoms with E-state index in [-0.39, 0.29) is 39.6 Å². The smallest absolute Gasteiger partial charge is 0.419 e. The Bertz CT molecular complexity index is 2020. The molecule has 0 unspecified atom stereocenters. The van der Waals surface area contributed by atoms with Gasteiger partial charge in [0.05, 0.1) is 39.5 Å². The fourth-order valence-electron chi connectivity index (χ4n) is 5.86. The minimum absolute atomic E-state index is 0.00359. The van der Waals surface area contributed by atoms with Gasteiger partial charge in [0, 0.05) is 42.7 Å². The van der Waals surface area contributed by atoms with Gasteiger partial charge in [0.15, 0.2) is 0 Å². The molecule has 6 rings (SSSR count). The van der Waals surface area contributed by atoms with Crippen molar-refractivity contribution in [3.8, 4) is 22.4 Å². The number of nitrogens with zero attached hydrogens (tertiary/aromatic N) is 3. The number of aromatic nitrogens is 1. The topological polar surface area (TPSA) is 164 Å². The third kappa shape index (κ3) is 5.45. The van der Waals surface area contributed by atoms with Gasteiger partial charge in [-0.3, -0.25) is 14.9 Å². The highest BCUT2D eigenvalue weighted by Crippen LogP contribution is 2.42. The highest BCUT2D eigenvalue weighted by atomic mass is 32.2. The molecule has 2 amide bonds. The molecule has 2 aliphatic heterocycles. The van der Waals surface area contributed by atoms with Crippen LogP contribution >= 0.6 is 0 Å². The van der Waals surface area contributed by atoms with Crippen LogP contribution in [-0.4, -0.2) is 84.0 Å². The molecule has 46 heavy (non-hydrogen) atoms. The standard InChI is InChI=1S/C33H35N5O7S/c1-33(2,3)45-32(42)38-25-10-9-22(46(43,44)37-13-11-36(4)12-14-37)15-21(25)16-26(38)24-17-23(20-7-5-19(18-39)6-8-20)29(34)28-27(24)30(40)35-31(28)41/h5-10,15-17,39H,11-14,18,34H2,1-4H3,(H,35,40,41). The number of sulfonamides is 1. The first kappa shape index (κ1) is 31.4. The van der Waals surface area contributed by atoms with Crippen LogP contribution in [0, 0.1) is 0 Å². The Kier molecular flexibility index (Phi) is 7.75. The van der Waals surface area contributed by atoms with E-state index in [1.807, 2.05) is 7.05 Å². The molecular formula is C33H35N5O7S. The molecule has 1 fully saturated rings. The Morgan fingerprint density at radius 1 is 0.935 bits per heavy atom. The lowest BCUT2D eigenvalue weighted by atomic mass is 9.91. The third-order valence-corrected chi connectivity index (χ3v) is 10.1. The third-order valence-electron chi connectivity index (χ3n) is 8.22. The Hall–Kier alpha value is -4.56. The van der Waals surface area contributed by atoms with E-state index < -0.39 is 33.5 Å². The molecule has 4 N–H and O–H groups in total. The van der Waals surface area contributed by atoms with Crippen LogP contribution in [0.5, 0.6) is 0 Å². The number of ether oxygens (including phenoxy) is 1. The monoisotopic (exact) mass is 645 g/mol. The molecule has 1 aromatic heterocycles. The van der Waals surface area contributed by atoms with E-state index >= 15 is 0 Å². The van der Waals surface area contributed by atoms with Crippen molar-refractivity contribution in [1.29, 1.82) is 0 Å². The van der Waals surface area contributed by atoms with Gasteiger partial charge in [-0.25, -0.2) is 17.8 Å². The fourth-order valence-corrected chi connectivity index (χ4v) is 7.32. The molecule has 1 saturated heterocycles. The number of amides is 2. The Morgan fingerprint density at radius 2 is 1.59 bits per heavy atom. The Balaban J connectivity index is 1.60. The van der Waals surface area contributed by atoms with E-state index in [0.717, 1.165) is 0 Å². The lowest BCUT2D eigenvalue weighted by Gasteiger charge is -2.31. The normalized spacial score (nSPS) is 16.1. The van der Waals surface area contributed by atoms with E-state index in [1.165, 1.54) is 21.0 Å². The van der Waals surface area contributed by atoms with E-state index in [1.54, 1.807) is 63.2 Å². The maximum Gasteiger partial charge on any atom is 0.419 e. The molecule has 0 saturated carbocycles. The molecule has 0 bridgehead atoms. The number of aliphatic hydroxyl groups is 1. The van der Waals surface area contributed by atoms with Crippen LogP contribution < -0.4 is 11.1 Å².